The quantitative estimate of drug-likeness (QED) is 0.774. The van der Waals surface area contributed by atoms with Crippen LogP contribution in [0.25, 0.3) is 10.9 Å². The highest BCUT2D eigenvalue weighted by molar-refractivity contribution is 5.89. The average molecular weight is 343 g/mol. The number of rotatable bonds is 1. The maximum Gasteiger partial charge on any atom is 0.290 e. The van der Waals surface area contributed by atoms with E-state index >= 15 is 0 Å². The van der Waals surface area contributed by atoms with Crippen molar-refractivity contribution >= 4 is 23.2 Å². The van der Waals surface area contributed by atoms with Gasteiger partial charge in [0.05, 0.1) is 11.6 Å². The van der Waals surface area contributed by atoms with Crippen LogP contribution in [0.2, 0.25) is 0 Å². The number of hydrogen-bond acceptors (Lipinski definition) is 5. The van der Waals surface area contributed by atoms with Crippen molar-refractivity contribution in [3.63, 3.8) is 0 Å². The van der Waals surface area contributed by atoms with Gasteiger partial charge in [-0.15, -0.1) is 0 Å². The Hall–Kier alpha value is -2.21. The van der Waals surface area contributed by atoms with Gasteiger partial charge in [-0.3, -0.25) is 4.79 Å². The summed E-state index contributed by atoms with van der Waals surface area (Å²) in [5.74, 6) is 1.86. The smallest absolute Gasteiger partial charge is 0.290 e. The molecule has 2 aliphatic rings. The van der Waals surface area contributed by atoms with Crippen molar-refractivity contribution < 1.29 is 15.0 Å². The number of nitrogens with zero attached hydrogens (tertiary/aromatic N) is 3. The van der Waals surface area contributed by atoms with E-state index in [0.717, 1.165) is 67.7 Å². The fourth-order valence-corrected chi connectivity index (χ4v) is 4.35. The molecular weight excluding hydrogens is 318 g/mol. The maximum absolute atomic E-state index is 10.5. The molecule has 25 heavy (non-hydrogen) atoms. The molecule has 2 heterocycles. The second-order valence-electron chi connectivity index (χ2n) is 7.01. The van der Waals surface area contributed by atoms with Crippen LogP contribution < -0.4 is 4.90 Å². The summed E-state index contributed by atoms with van der Waals surface area (Å²) in [6.45, 7) is 3.66. The van der Waals surface area contributed by atoms with Gasteiger partial charge in [0, 0.05) is 23.9 Å². The summed E-state index contributed by atoms with van der Waals surface area (Å²) in [6, 6.07) is 8.24. The summed E-state index contributed by atoms with van der Waals surface area (Å²) in [6.07, 6.45) is 5.38. The van der Waals surface area contributed by atoms with Gasteiger partial charge in [0.2, 0.25) is 0 Å². The first-order valence-electron chi connectivity index (χ1n) is 8.84. The van der Waals surface area contributed by atoms with Crippen LogP contribution in [-0.4, -0.2) is 45.8 Å². The summed E-state index contributed by atoms with van der Waals surface area (Å²) >= 11 is 0. The molecule has 1 aliphatic carbocycles. The predicted octanol–water partition coefficient (Wildman–Crippen LogP) is 2.77. The van der Waals surface area contributed by atoms with E-state index in [1.807, 2.05) is 13.0 Å². The van der Waals surface area contributed by atoms with Gasteiger partial charge in [0.15, 0.2) is 0 Å². The van der Waals surface area contributed by atoms with E-state index < -0.39 is 0 Å². The molecule has 4 rings (SSSR count). The topological polar surface area (TPSA) is 86.5 Å². The Balaban J connectivity index is 0.000000569. The number of para-hydroxylation sites is 1. The fraction of sp³-hybridized carbons (Fsp3) is 0.526. The van der Waals surface area contributed by atoms with Crippen molar-refractivity contribution in [3.8, 4) is 0 Å². The number of hydrogen-bond donors (Lipinski definition) is 2. The molecule has 1 saturated heterocycles. The number of benzene rings is 1. The normalized spacial score (nSPS) is 25.7. The van der Waals surface area contributed by atoms with Crippen molar-refractivity contribution in [2.45, 2.75) is 45.1 Å². The van der Waals surface area contributed by atoms with Crippen molar-refractivity contribution in [3.05, 3.63) is 30.1 Å². The van der Waals surface area contributed by atoms with Crippen LogP contribution in [0.1, 0.15) is 37.9 Å². The third-order valence-corrected chi connectivity index (χ3v) is 5.46. The molecule has 2 atom stereocenters. The molecular formula is C19H25N3O3. The van der Waals surface area contributed by atoms with Gasteiger partial charge >= 0.3 is 0 Å². The number of anilines is 1. The lowest BCUT2D eigenvalue weighted by atomic mass is 9.76. The predicted molar refractivity (Wildman–Crippen MR) is 96.7 cm³/mol. The summed E-state index contributed by atoms with van der Waals surface area (Å²) in [4.78, 5) is 20.0. The van der Waals surface area contributed by atoms with Gasteiger partial charge in [-0.05, 0) is 44.7 Å². The molecule has 6 heteroatoms. The SMILES string of the molecule is Cc1nc(N2CCC[C@]3(CCC[C@H]3O)C2)c2ccccc2n1.O=CO. The molecule has 1 aromatic heterocycles. The molecule has 1 saturated carbocycles. The molecule has 0 radical (unpaired) electrons. The molecule has 2 N–H and O–H groups in total. The van der Waals surface area contributed by atoms with Crippen molar-refractivity contribution in [2.24, 2.45) is 5.41 Å². The van der Waals surface area contributed by atoms with Gasteiger partial charge in [-0.2, -0.15) is 0 Å². The van der Waals surface area contributed by atoms with Gasteiger partial charge in [-0.1, -0.05) is 18.6 Å². The number of aryl methyl sites for hydroxylation is 1. The molecule has 0 amide bonds. The highest BCUT2D eigenvalue weighted by atomic mass is 16.3. The van der Waals surface area contributed by atoms with Crippen LogP contribution in [0.5, 0.6) is 0 Å². The summed E-state index contributed by atoms with van der Waals surface area (Å²) in [5.41, 5.74) is 1.09. The standard InChI is InChI=1S/C18H23N3O.CH2O2/c1-13-19-15-7-3-2-6-14(15)17(20-13)21-11-5-10-18(12-21)9-4-8-16(18)22;2-1-3/h2-3,6-7,16,22H,4-5,8-12H2,1H3;1H,(H,2,3)/t16-,18-;/m1./s1. The molecule has 134 valence electrons. The first-order valence-corrected chi connectivity index (χ1v) is 8.84. The first-order chi connectivity index (χ1) is 12.1. The number of carbonyl (C=O) groups is 1. The third-order valence-electron chi connectivity index (χ3n) is 5.46. The van der Waals surface area contributed by atoms with Crippen LogP contribution >= 0.6 is 0 Å². The van der Waals surface area contributed by atoms with E-state index in [9.17, 15) is 5.11 Å². The van der Waals surface area contributed by atoms with E-state index in [4.69, 9.17) is 14.9 Å². The van der Waals surface area contributed by atoms with Crippen LogP contribution in [0, 0.1) is 12.3 Å². The minimum atomic E-state index is -0.250. The Bertz CT molecular complexity index is 752. The van der Waals surface area contributed by atoms with Gasteiger partial charge in [0.25, 0.3) is 6.47 Å². The fourth-order valence-electron chi connectivity index (χ4n) is 4.35. The zero-order chi connectivity index (χ0) is 17.9. The minimum Gasteiger partial charge on any atom is -0.483 e. The Morgan fingerprint density at radius 1 is 1.24 bits per heavy atom. The molecule has 1 aliphatic heterocycles. The second-order valence-corrected chi connectivity index (χ2v) is 7.01. The van der Waals surface area contributed by atoms with Gasteiger partial charge in [-0.25, -0.2) is 9.97 Å². The molecule has 1 aromatic carbocycles. The molecule has 2 fully saturated rings. The van der Waals surface area contributed by atoms with E-state index in [2.05, 4.69) is 28.1 Å². The number of fused-ring (bicyclic) bond motifs is 1. The van der Waals surface area contributed by atoms with Gasteiger partial charge < -0.3 is 15.1 Å². The highest BCUT2D eigenvalue weighted by Crippen LogP contribution is 2.46. The van der Waals surface area contributed by atoms with Crippen molar-refractivity contribution in [1.29, 1.82) is 0 Å². The van der Waals surface area contributed by atoms with Crippen LogP contribution in [-0.2, 0) is 4.79 Å². The monoisotopic (exact) mass is 343 g/mol. The lowest BCUT2D eigenvalue weighted by molar-refractivity contribution is -0.122. The molecule has 0 bridgehead atoms. The lowest BCUT2D eigenvalue weighted by Crippen LogP contribution is -2.47. The Morgan fingerprint density at radius 2 is 1.96 bits per heavy atom. The summed E-state index contributed by atoms with van der Waals surface area (Å²) in [5, 5.41) is 18.5. The van der Waals surface area contributed by atoms with Crippen LogP contribution in [0.3, 0.4) is 0 Å². The number of carboxylic acid groups (broad SMARTS) is 1. The molecule has 1 spiro atoms. The minimum absolute atomic E-state index is 0.0816. The van der Waals surface area contributed by atoms with Crippen molar-refractivity contribution in [1.82, 2.24) is 9.97 Å². The summed E-state index contributed by atoms with van der Waals surface area (Å²) < 4.78 is 0. The van der Waals surface area contributed by atoms with E-state index in [1.54, 1.807) is 0 Å². The molecule has 2 aromatic rings. The average Bonchev–Trinajstić information content (AvgIpc) is 2.94. The largest absolute Gasteiger partial charge is 0.483 e. The molecule has 0 unspecified atom stereocenters. The highest BCUT2D eigenvalue weighted by Gasteiger charge is 2.45. The number of aromatic nitrogens is 2. The van der Waals surface area contributed by atoms with Crippen LogP contribution in [0.15, 0.2) is 24.3 Å². The Morgan fingerprint density at radius 3 is 2.68 bits per heavy atom. The second kappa shape index (κ2) is 7.35. The van der Waals surface area contributed by atoms with E-state index in [-0.39, 0.29) is 18.0 Å². The molecule has 6 nitrogen and oxygen atoms in total. The Kier molecular flexibility index (Phi) is 5.18. The third kappa shape index (κ3) is 3.44. The number of piperidine rings is 1. The first kappa shape index (κ1) is 17.6. The van der Waals surface area contributed by atoms with E-state index in [1.165, 1.54) is 0 Å². The zero-order valence-electron chi connectivity index (χ0n) is 14.6. The van der Waals surface area contributed by atoms with Gasteiger partial charge in [0.1, 0.15) is 11.6 Å². The van der Waals surface area contributed by atoms with Crippen LogP contribution in [0.4, 0.5) is 5.82 Å². The number of aliphatic hydroxyl groups is 1. The zero-order valence-corrected chi connectivity index (χ0v) is 14.6. The number of aliphatic hydroxyl groups excluding tert-OH is 1. The van der Waals surface area contributed by atoms with E-state index in [0.29, 0.717) is 0 Å². The summed E-state index contributed by atoms with van der Waals surface area (Å²) in [7, 11) is 0. The van der Waals surface area contributed by atoms with Crippen molar-refractivity contribution in [2.75, 3.05) is 18.0 Å². The lowest BCUT2D eigenvalue weighted by Gasteiger charge is -2.43. The maximum atomic E-state index is 10.5. The Labute approximate surface area is 147 Å².